The Morgan fingerprint density at radius 2 is 2.05 bits per heavy atom. The van der Waals surface area contributed by atoms with E-state index in [9.17, 15) is 4.79 Å². The highest BCUT2D eigenvalue weighted by Gasteiger charge is 2.05. The van der Waals surface area contributed by atoms with Crippen molar-refractivity contribution < 1.29 is 9.53 Å². The number of ether oxygens (including phenoxy) is 1. The maximum absolute atomic E-state index is 12.0. The number of hydrogen-bond acceptors (Lipinski definition) is 3. The van der Waals surface area contributed by atoms with E-state index in [4.69, 9.17) is 4.74 Å². The van der Waals surface area contributed by atoms with Gasteiger partial charge >= 0.3 is 0 Å². The van der Waals surface area contributed by atoms with Gasteiger partial charge in [-0.15, -0.1) is 0 Å². The van der Waals surface area contributed by atoms with Crippen LogP contribution >= 0.6 is 0 Å². The highest BCUT2D eigenvalue weighted by molar-refractivity contribution is 6.02. The van der Waals surface area contributed by atoms with Gasteiger partial charge in [-0.05, 0) is 36.8 Å². The highest BCUT2D eigenvalue weighted by atomic mass is 16.5. The second kappa shape index (κ2) is 8.62. The molecular formula is C18H20N2O2. The lowest BCUT2D eigenvalue weighted by Gasteiger charge is -2.11. The molecule has 1 amide bonds. The number of anilines is 1. The van der Waals surface area contributed by atoms with Crippen LogP contribution in [0.5, 0.6) is 5.75 Å². The van der Waals surface area contributed by atoms with Crippen molar-refractivity contribution in [2.24, 2.45) is 0 Å². The fraction of sp³-hybridized carbons (Fsp3) is 0.222. The monoisotopic (exact) mass is 296 g/mol. The van der Waals surface area contributed by atoms with Crippen LogP contribution in [0.3, 0.4) is 0 Å². The Morgan fingerprint density at radius 1 is 1.23 bits per heavy atom. The predicted molar refractivity (Wildman–Crippen MR) is 88.7 cm³/mol. The van der Waals surface area contributed by atoms with Gasteiger partial charge in [0.1, 0.15) is 5.75 Å². The molecule has 1 aromatic carbocycles. The fourth-order valence-corrected chi connectivity index (χ4v) is 1.83. The summed E-state index contributed by atoms with van der Waals surface area (Å²) in [6.07, 6.45) is 6.89. The molecule has 4 heteroatoms. The number of hydrogen-bond donors (Lipinski definition) is 1. The van der Waals surface area contributed by atoms with E-state index in [-0.39, 0.29) is 5.91 Å². The van der Waals surface area contributed by atoms with E-state index in [1.54, 1.807) is 12.3 Å². The van der Waals surface area contributed by atoms with Gasteiger partial charge in [-0.25, -0.2) is 0 Å². The maximum Gasteiger partial charge on any atom is 0.248 e. The van der Waals surface area contributed by atoms with Crippen molar-refractivity contribution in [3.8, 4) is 5.75 Å². The maximum atomic E-state index is 12.0. The molecule has 1 aromatic heterocycles. The predicted octanol–water partition coefficient (Wildman–Crippen LogP) is 3.91. The van der Waals surface area contributed by atoms with Crippen molar-refractivity contribution in [2.45, 2.75) is 19.8 Å². The van der Waals surface area contributed by atoms with E-state index < -0.39 is 0 Å². The number of pyridine rings is 1. The fourth-order valence-electron chi connectivity index (χ4n) is 1.83. The molecule has 0 bridgehead atoms. The van der Waals surface area contributed by atoms with Crippen LogP contribution in [-0.4, -0.2) is 17.5 Å². The van der Waals surface area contributed by atoms with Crippen LogP contribution in [0.1, 0.15) is 25.5 Å². The molecule has 114 valence electrons. The minimum absolute atomic E-state index is 0.211. The molecule has 0 unspecified atom stereocenters. The van der Waals surface area contributed by atoms with Gasteiger partial charge in [0.15, 0.2) is 0 Å². The van der Waals surface area contributed by atoms with E-state index in [0.29, 0.717) is 18.0 Å². The topological polar surface area (TPSA) is 51.2 Å². The molecule has 0 saturated heterocycles. The molecule has 2 aromatic rings. The van der Waals surface area contributed by atoms with Gasteiger partial charge < -0.3 is 10.1 Å². The zero-order chi connectivity index (χ0) is 15.6. The van der Waals surface area contributed by atoms with Gasteiger partial charge in [-0.2, -0.15) is 0 Å². The number of nitrogens with zero attached hydrogens (tertiary/aromatic N) is 1. The molecule has 1 N–H and O–H groups in total. The first kappa shape index (κ1) is 15.8. The summed E-state index contributed by atoms with van der Waals surface area (Å²) < 4.78 is 5.69. The summed E-state index contributed by atoms with van der Waals surface area (Å²) in [7, 11) is 0. The zero-order valence-electron chi connectivity index (χ0n) is 12.7. The van der Waals surface area contributed by atoms with Crippen molar-refractivity contribution in [2.75, 3.05) is 11.9 Å². The third kappa shape index (κ3) is 5.05. The number of para-hydroxylation sites is 2. The third-order valence-electron chi connectivity index (χ3n) is 2.99. The average Bonchev–Trinajstić information content (AvgIpc) is 2.56. The number of nitrogens with one attached hydrogen (secondary N) is 1. The quantitative estimate of drug-likeness (QED) is 0.622. The van der Waals surface area contributed by atoms with Gasteiger partial charge in [-0.3, -0.25) is 9.78 Å². The minimum atomic E-state index is -0.211. The number of aromatic nitrogens is 1. The number of benzene rings is 1. The van der Waals surface area contributed by atoms with Gasteiger partial charge in [-0.1, -0.05) is 31.5 Å². The van der Waals surface area contributed by atoms with Crippen molar-refractivity contribution in [1.82, 2.24) is 4.98 Å². The second-order valence-electron chi connectivity index (χ2n) is 4.78. The standard InChI is InChI=1S/C18H20N2O2/c1-2-3-14-22-17-10-5-4-9-16(17)20-18(21)12-11-15-8-6-7-13-19-15/h4-13H,2-3,14H2,1H3,(H,20,21)/b12-11+. The Kier molecular flexibility index (Phi) is 6.18. The number of carbonyl (C=O) groups is 1. The van der Waals surface area contributed by atoms with Crippen LogP contribution in [0, 0.1) is 0 Å². The van der Waals surface area contributed by atoms with Crippen LogP contribution in [0.4, 0.5) is 5.69 Å². The Balaban J connectivity index is 1.98. The van der Waals surface area contributed by atoms with Crippen molar-refractivity contribution in [3.63, 3.8) is 0 Å². The van der Waals surface area contributed by atoms with Crippen molar-refractivity contribution in [3.05, 3.63) is 60.4 Å². The largest absolute Gasteiger partial charge is 0.491 e. The number of amides is 1. The minimum Gasteiger partial charge on any atom is -0.491 e. The van der Waals surface area contributed by atoms with Crippen LogP contribution < -0.4 is 10.1 Å². The summed E-state index contributed by atoms with van der Waals surface area (Å²) in [6, 6.07) is 13.0. The molecule has 22 heavy (non-hydrogen) atoms. The van der Waals surface area contributed by atoms with Gasteiger partial charge in [0.05, 0.1) is 18.0 Å². The van der Waals surface area contributed by atoms with E-state index in [2.05, 4.69) is 17.2 Å². The van der Waals surface area contributed by atoms with Crippen molar-refractivity contribution >= 4 is 17.7 Å². The Morgan fingerprint density at radius 3 is 2.82 bits per heavy atom. The van der Waals surface area contributed by atoms with Gasteiger partial charge in [0.25, 0.3) is 0 Å². The molecule has 0 saturated carbocycles. The van der Waals surface area contributed by atoms with Gasteiger partial charge in [0.2, 0.25) is 5.91 Å². The summed E-state index contributed by atoms with van der Waals surface area (Å²) in [4.78, 5) is 16.1. The molecule has 1 heterocycles. The summed E-state index contributed by atoms with van der Waals surface area (Å²) in [5.74, 6) is 0.479. The molecule has 4 nitrogen and oxygen atoms in total. The van der Waals surface area contributed by atoms with E-state index in [1.807, 2.05) is 42.5 Å². The van der Waals surface area contributed by atoms with Crippen LogP contribution in [0.15, 0.2) is 54.7 Å². The zero-order valence-corrected chi connectivity index (χ0v) is 12.7. The number of carbonyl (C=O) groups excluding carboxylic acids is 1. The number of unbranched alkanes of at least 4 members (excludes halogenated alkanes) is 1. The molecule has 0 radical (unpaired) electrons. The van der Waals surface area contributed by atoms with Gasteiger partial charge in [0, 0.05) is 12.3 Å². The first-order valence-corrected chi connectivity index (χ1v) is 7.41. The molecule has 0 fully saturated rings. The summed E-state index contributed by atoms with van der Waals surface area (Å²) >= 11 is 0. The molecule has 0 aliphatic carbocycles. The molecule has 0 atom stereocenters. The first-order chi connectivity index (χ1) is 10.8. The Bertz CT molecular complexity index is 624. The van der Waals surface area contributed by atoms with Crippen LogP contribution in [0.2, 0.25) is 0 Å². The van der Waals surface area contributed by atoms with Crippen molar-refractivity contribution in [1.29, 1.82) is 0 Å². The molecule has 0 aliphatic heterocycles. The molecular weight excluding hydrogens is 276 g/mol. The lowest BCUT2D eigenvalue weighted by atomic mass is 10.2. The SMILES string of the molecule is CCCCOc1ccccc1NC(=O)/C=C/c1ccccn1. The number of rotatable bonds is 7. The smallest absolute Gasteiger partial charge is 0.248 e. The molecule has 2 rings (SSSR count). The van der Waals surface area contributed by atoms with E-state index in [1.165, 1.54) is 6.08 Å². The third-order valence-corrected chi connectivity index (χ3v) is 2.99. The normalized spacial score (nSPS) is 10.6. The first-order valence-electron chi connectivity index (χ1n) is 7.41. The van der Waals surface area contributed by atoms with Crippen LogP contribution in [0.25, 0.3) is 6.08 Å². The molecule has 0 aliphatic rings. The van der Waals surface area contributed by atoms with E-state index in [0.717, 1.165) is 18.5 Å². The summed E-state index contributed by atoms with van der Waals surface area (Å²) in [5, 5.41) is 2.83. The highest BCUT2D eigenvalue weighted by Crippen LogP contribution is 2.24. The second-order valence-corrected chi connectivity index (χ2v) is 4.78. The lowest BCUT2D eigenvalue weighted by molar-refractivity contribution is -0.111. The lowest BCUT2D eigenvalue weighted by Crippen LogP contribution is -2.09. The molecule has 0 spiro atoms. The Labute approximate surface area is 130 Å². The van der Waals surface area contributed by atoms with Crippen LogP contribution in [-0.2, 0) is 4.79 Å². The van der Waals surface area contributed by atoms with E-state index >= 15 is 0 Å². The average molecular weight is 296 g/mol. The Hall–Kier alpha value is -2.62. The summed E-state index contributed by atoms with van der Waals surface area (Å²) in [5.41, 5.74) is 1.42. The summed E-state index contributed by atoms with van der Waals surface area (Å²) in [6.45, 7) is 2.76.